The summed E-state index contributed by atoms with van der Waals surface area (Å²) >= 11 is 6.31. The van der Waals surface area contributed by atoms with Gasteiger partial charge in [-0.15, -0.1) is 0 Å². The maximum absolute atomic E-state index is 12.7. The van der Waals surface area contributed by atoms with E-state index in [0.717, 1.165) is 43.3 Å². The number of hydrogen-bond donors (Lipinski definition) is 1. The molecule has 1 aliphatic rings. The van der Waals surface area contributed by atoms with Crippen LogP contribution in [0.2, 0.25) is 5.02 Å². The Kier molecular flexibility index (Phi) is 5.74. The number of aromatic nitrogens is 2. The number of nitrogens with zero attached hydrogens (tertiary/aromatic N) is 4. The van der Waals surface area contributed by atoms with Gasteiger partial charge in [0.2, 0.25) is 0 Å². The van der Waals surface area contributed by atoms with Gasteiger partial charge in [-0.2, -0.15) is 0 Å². The molecule has 1 amide bonds. The van der Waals surface area contributed by atoms with Crippen molar-refractivity contribution in [2.75, 3.05) is 43.4 Å². The third kappa shape index (κ3) is 4.55. The number of nitrogens with one attached hydrogen (secondary N) is 1. The van der Waals surface area contributed by atoms with Crippen LogP contribution in [0.3, 0.4) is 0 Å². The molecule has 1 N–H and O–H groups in total. The van der Waals surface area contributed by atoms with Crippen molar-refractivity contribution in [1.29, 1.82) is 0 Å². The molecule has 1 aliphatic heterocycles. The molecule has 1 fully saturated rings. The molecule has 0 bridgehead atoms. The predicted molar refractivity (Wildman–Crippen MR) is 117 cm³/mol. The fraction of sp³-hybridized carbons (Fsp3) is 0.227. The Morgan fingerprint density at radius 2 is 1.86 bits per heavy atom. The molecule has 3 aromatic rings. The normalized spacial score (nSPS) is 14.6. The van der Waals surface area contributed by atoms with Crippen molar-refractivity contribution in [2.45, 2.75) is 0 Å². The zero-order valence-electron chi connectivity index (χ0n) is 16.2. The van der Waals surface area contributed by atoms with Crippen molar-refractivity contribution in [3.05, 3.63) is 71.5 Å². The second-order valence-electron chi connectivity index (χ2n) is 7.06. The molecule has 2 aromatic heterocycles. The number of hydrogen-bond acceptors (Lipinski definition) is 5. The van der Waals surface area contributed by atoms with Gasteiger partial charge in [0, 0.05) is 49.8 Å². The van der Waals surface area contributed by atoms with E-state index in [1.807, 2.05) is 36.4 Å². The Hall–Kier alpha value is -2.96. The molecule has 7 heteroatoms. The SMILES string of the molecule is CN1CCN(c2ccc(C(=O)Nc3ccc(Cl)c(-c4ccccn4)c3)cn2)CC1. The number of halogens is 1. The topological polar surface area (TPSA) is 61.4 Å². The summed E-state index contributed by atoms with van der Waals surface area (Å²) in [4.78, 5) is 26.0. The van der Waals surface area contributed by atoms with Gasteiger partial charge in [0.1, 0.15) is 5.82 Å². The van der Waals surface area contributed by atoms with Crippen LogP contribution in [0.1, 0.15) is 10.4 Å². The summed E-state index contributed by atoms with van der Waals surface area (Å²) in [6, 6.07) is 14.7. The van der Waals surface area contributed by atoms with Crippen molar-refractivity contribution < 1.29 is 4.79 Å². The molecule has 148 valence electrons. The van der Waals surface area contributed by atoms with Crippen LogP contribution >= 0.6 is 11.6 Å². The summed E-state index contributed by atoms with van der Waals surface area (Å²) in [5.41, 5.74) is 2.70. The van der Waals surface area contributed by atoms with Gasteiger partial charge in [-0.25, -0.2) is 4.98 Å². The first-order valence-corrected chi connectivity index (χ1v) is 9.90. The van der Waals surface area contributed by atoms with E-state index >= 15 is 0 Å². The van der Waals surface area contributed by atoms with Crippen molar-refractivity contribution in [3.63, 3.8) is 0 Å². The predicted octanol–water partition coefficient (Wildman–Crippen LogP) is 3.80. The molecule has 4 rings (SSSR count). The van der Waals surface area contributed by atoms with E-state index in [1.165, 1.54) is 0 Å². The Bertz CT molecular complexity index is 986. The Morgan fingerprint density at radius 1 is 1.03 bits per heavy atom. The Balaban J connectivity index is 1.47. The first-order chi connectivity index (χ1) is 14.1. The zero-order chi connectivity index (χ0) is 20.2. The lowest BCUT2D eigenvalue weighted by molar-refractivity contribution is 0.102. The van der Waals surface area contributed by atoms with Gasteiger partial charge in [-0.3, -0.25) is 9.78 Å². The summed E-state index contributed by atoms with van der Waals surface area (Å²) in [5, 5.41) is 3.50. The van der Waals surface area contributed by atoms with E-state index < -0.39 is 0 Å². The molecule has 1 aromatic carbocycles. The number of carbonyl (C=O) groups is 1. The highest BCUT2D eigenvalue weighted by Gasteiger charge is 2.16. The Morgan fingerprint density at radius 3 is 2.55 bits per heavy atom. The second kappa shape index (κ2) is 8.59. The number of carbonyl (C=O) groups excluding carboxylic acids is 1. The van der Waals surface area contributed by atoms with Crippen molar-refractivity contribution in [3.8, 4) is 11.3 Å². The van der Waals surface area contributed by atoms with E-state index in [4.69, 9.17) is 11.6 Å². The Labute approximate surface area is 175 Å². The molecule has 0 unspecified atom stereocenters. The van der Waals surface area contributed by atoms with E-state index in [9.17, 15) is 4.79 Å². The molecule has 6 nitrogen and oxygen atoms in total. The quantitative estimate of drug-likeness (QED) is 0.712. The first-order valence-electron chi connectivity index (χ1n) is 9.52. The van der Waals surface area contributed by atoms with Crippen LogP contribution in [0.5, 0.6) is 0 Å². The molecular weight excluding hydrogens is 386 g/mol. The molecule has 0 spiro atoms. The summed E-state index contributed by atoms with van der Waals surface area (Å²) in [7, 11) is 2.12. The lowest BCUT2D eigenvalue weighted by Gasteiger charge is -2.33. The van der Waals surface area contributed by atoms with Crippen molar-refractivity contribution >= 4 is 29.0 Å². The third-order valence-corrected chi connectivity index (χ3v) is 5.33. The summed E-state index contributed by atoms with van der Waals surface area (Å²) in [6.45, 7) is 3.91. The number of piperazine rings is 1. The number of pyridine rings is 2. The molecule has 0 saturated carbocycles. The first kappa shape index (κ1) is 19.4. The van der Waals surface area contributed by atoms with Crippen LogP contribution in [0, 0.1) is 0 Å². The number of anilines is 2. The summed E-state index contributed by atoms with van der Waals surface area (Å²) in [6.07, 6.45) is 3.34. The van der Waals surface area contributed by atoms with Gasteiger partial charge in [0.25, 0.3) is 5.91 Å². The molecule has 3 heterocycles. The largest absolute Gasteiger partial charge is 0.354 e. The highest BCUT2D eigenvalue weighted by molar-refractivity contribution is 6.33. The molecule has 0 aliphatic carbocycles. The maximum Gasteiger partial charge on any atom is 0.257 e. The molecule has 1 saturated heterocycles. The summed E-state index contributed by atoms with van der Waals surface area (Å²) < 4.78 is 0. The van der Waals surface area contributed by atoms with Crippen LogP contribution in [0.15, 0.2) is 60.9 Å². The maximum atomic E-state index is 12.7. The lowest BCUT2D eigenvalue weighted by Crippen LogP contribution is -2.44. The molecule has 0 atom stereocenters. The number of benzene rings is 1. The van der Waals surface area contributed by atoms with Gasteiger partial charge in [-0.05, 0) is 49.5 Å². The van der Waals surface area contributed by atoms with Gasteiger partial charge in [-0.1, -0.05) is 17.7 Å². The fourth-order valence-corrected chi connectivity index (χ4v) is 3.48. The van der Waals surface area contributed by atoms with E-state index in [1.54, 1.807) is 24.5 Å². The van der Waals surface area contributed by atoms with Crippen LogP contribution in [-0.2, 0) is 0 Å². The highest BCUT2D eigenvalue weighted by Crippen LogP contribution is 2.29. The van der Waals surface area contributed by atoms with Crippen LogP contribution < -0.4 is 10.2 Å². The van der Waals surface area contributed by atoms with Crippen LogP contribution in [0.4, 0.5) is 11.5 Å². The average molecular weight is 408 g/mol. The summed E-state index contributed by atoms with van der Waals surface area (Å²) in [5.74, 6) is 0.690. The standard InChI is InChI=1S/C22H22ClN5O/c1-27-10-12-28(13-11-27)21-8-5-16(15-25-21)22(29)26-17-6-7-19(23)18(14-17)20-4-2-3-9-24-20/h2-9,14-15H,10-13H2,1H3,(H,26,29). The minimum Gasteiger partial charge on any atom is -0.354 e. The average Bonchev–Trinajstić information content (AvgIpc) is 2.76. The smallest absolute Gasteiger partial charge is 0.257 e. The minimum absolute atomic E-state index is 0.211. The zero-order valence-corrected chi connectivity index (χ0v) is 16.9. The number of likely N-dealkylation sites (N-methyl/N-ethyl adjacent to an activating group) is 1. The monoisotopic (exact) mass is 407 g/mol. The van der Waals surface area contributed by atoms with Gasteiger partial charge < -0.3 is 15.1 Å². The van der Waals surface area contributed by atoms with Crippen LogP contribution in [-0.4, -0.2) is 54.0 Å². The minimum atomic E-state index is -0.211. The number of amides is 1. The number of rotatable bonds is 4. The molecule has 29 heavy (non-hydrogen) atoms. The van der Waals surface area contributed by atoms with E-state index in [-0.39, 0.29) is 5.91 Å². The van der Waals surface area contributed by atoms with Gasteiger partial charge in [0.15, 0.2) is 0 Å². The fourth-order valence-electron chi connectivity index (χ4n) is 3.27. The van der Waals surface area contributed by atoms with E-state index in [2.05, 4.69) is 32.1 Å². The highest BCUT2D eigenvalue weighted by atomic mass is 35.5. The van der Waals surface area contributed by atoms with E-state index in [0.29, 0.717) is 16.3 Å². The lowest BCUT2D eigenvalue weighted by atomic mass is 10.1. The van der Waals surface area contributed by atoms with Gasteiger partial charge >= 0.3 is 0 Å². The second-order valence-corrected chi connectivity index (χ2v) is 7.47. The van der Waals surface area contributed by atoms with Crippen molar-refractivity contribution in [1.82, 2.24) is 14.9 Å². The molecular formula is C22H22ClN5O. The van der Waals surface area contributed by atoms with Crippen LogP contribution in [0.25, 0.3) is 11.3 Å². The van der Waals surface area contributed by atoms with Gasteiger partial charge in [0.05, 0.1) is 16.3 Å². The molecule has 0 radical (unpaired) electrons. The van der Waals surface area contributed by atoms with Crippen molar-refractivity contribution in [2.24, 2.45) is 0 Å². The third-order valence-electron chi connectivity index (χ3n) is 5.00.